The van der Waals surface area contributed by atoms with Crippen LogP contribution in [0.25, 0.3) is 10.9 Å². The number of hydrogen-bond acceptors (Lipinski definition) is 3. The molecule has 2 N–H and O–H groups in total. The van der Waals surface area contributed by atoms with Gasteiger partial charge in [-0.2, -0.15) is 0 Å². The van der Waals surface area contributed by atoms with Gasteiger partial charge in [0.2, 0.25) is 0 Å². The summed E-state index contributed by atoms with van der Waals surface area (Å²) in [4.78, 5) is 16.1. The lowest BCUT2D eigenvalue weighted by atomic mass is 10.2. The number of para-hydroxylation sites is 1. The SMILES string of the molecule is CC(O)CCNC(=O)c1ccc2ccccc2n1. The highest BCUT2D eigenvalue weighted by molar-refractivity contribution is 5.94. The van der Waals surface area contributed by atoms with Crippen LogP contribution in [0, 0.1) is 0 Å². The minimum absolute atomic E-state index is 0.207. The van der Waals surface area contributed by atoms with Gasteiger partial charge in [-0.3, -0.25) is 4.79 Å². The molecule has 18 heavy (non-hydrogen) atoms. The number of benzene rings is 1. The molecule has 1 aromatic carbocycles. The van der Waals surface area contributed by atoms with Crippen molar-refractivity contribution in [3.63, 3.8) is 0 Å². The van der Waals surface area contributed by atoms with E-state index in [-0.39, 0.29) is 5.91 Å². The molecule has 1 amide bonds. The predicted molar refractivity (Wildman–Crippen MR) is 70.4 cm³/mol. The maximum Gasteiger partial charge on any atom is 0.269 e. The lowest BCUT2D eigenvalue weighted by Gasteiger charge is -2.06. The summed E-state index contributed by atoms with van der Waals surface area (Å²) in [5, 5.41) is 12.9. The molecule has 4 heteroatoms. The van der Waals surface area contributed by atoms with Gasteiger partial charge < -0.3 is 10.4 Å². The highest BCUT2D eigenvalue weighted by Crippen LogP contribution is 2.11. The highest BCUT2D eigenvalue weighted by atomic mass is 16.3. The number of amides is 1. The van der Waals surface area contributed by atoms with Gasteiger partial charge in [0, 0.05) is 11.9 Å². The summed E-state index contributed by atoms with van der Waals surface area (Å²) in [6, 6.07) is 11.3. The number of fused-ring (bicyclic) bond motifs is 1. The minimum Gasteiger partial charge on any atom is -0.393 e. The van der Waals surface area contributed by atoms with E-state index < -0.39 is 6.10 Å². The summed E-state index contributed by atoms with van der Waals surface area (Å²) in [6.07, 6.45) is 0.133. The molecule has 1 unspecified atom stereocenters. The summed E-state index contributed by atoms with van der Waals surface area (Å²) in [5.74, 6) is -0.207. The van der Waals surface area contributed by atoms with Gasteiger partial charge in [0.05, 0.1) is 11.6 Å². The number of carbonyl (C=O) groups excluding carboxylic acids is 1. The van der Waals surface area contributed by atoms with Crippen molar-refractivity contribution in [1.29, 1.82) is 0 Å². The second kappa shape index (κ2) is 5.60. The van der Waals surface area contributed by atoms with E-state index in [4.69, 9.17) is 5.11 Å². The molecule has 0 aliphatic rings. The number of nitrogens with zero attached hydrogens (tertiary/aromatic N) is 1. The van der Waals surface area contributed by atoms with Gasteiger partial charge in [0.1, 0.15) is 5.69 Å². The monoisotopic (exact) mass is 244 g/mol. The van der Waals surface area contributed by atoms with E-state index in [9.17, 15) is 4.79 Å². The Bertz CT molecular complexity index is 552. The van der Waals surface area contributed by atoms with Gasteiger partial charge >= 0.3 is 0 Å². The summed E-state index contributed by atoms with van der Waals surface area (Å²) < 4.78 is 0. The Kier molecular flexibility index (Phi) is 3.89. The molecule has 94 valence electrons. The first-order valence-electron chi connectivity index (χ1n) is 5.99. The molecular formula is C14H16N2O2. The second-order valence-corrected chi connectivity index (χ2v) is 4.28. The topological polar surface area (TPSA) is 62.2 Å². The van der Waals surface area contributed by atoms with Crippen molar-refractivity contribution in [2.75, 3.05) is 6.54 Å². The molecule has 0 saturated carbocycles. The molecule has 0 saturated heterocycles. The molecule has 4 nitrogen and oxygen atoms in total. The van der Waals surface area contributed by atoms with Crippen LogP contribution in [0.1, 0.15) is 23.8 Å². The summed E-state index contributed by atoms with van der Waals surface area (Å²) in [6.45, 7) is 2.14. The van der Waals surface area contributed by atoms with Gasteiger partial charge in [0.15, 0.2) is 0 Å². The minimum atomic E-state index is -0.408. The van der Waals surface area contributed by atoms with E-state index in [1.165, 1.54) is 0 Å². The van der Waals surface area contributed by atoms with Gasteiger partial charge in [-0.25, -0.2) is 4.98 Å². The van der Waals surface area contributed by atoms with Crippen molar-refractivity contribution < 1.29 is 9.90 Å². The number of hydrogen-bond donors (Lipinski definition) is 2. The quantitative estimate of drug-likeness (QED) is 0.861. The van der Waals surface area contributed by atoms with Crippen LogP contribution in [0.5, 0.6) is 0 Å². The fourth-order valence-corrected chi connectivity index (χ4v) is 1.68. The van der Waals surface area contributed by atoms with Gasteiger partial charge in [0.25, 0.3) is 5.91 Å². The normalized spacial score (nSPS) is 12.3. The average molecular weight is 244 g/mol. The number of aliphatic hydroxyl groups is 1. The third-order valence-corrected chi connectivity index (χ3v) is 2.68. The molecule has 1 aromatic heterocycles. The molecule has 0 fully saturated rings. The molecule has 0 aliphatic carbocycles. The fraction of sp³-hybridized carbons (Fsp3) is 0.286. The van der Waals surface area contributed by atoms with Crippen LogP contribution in [0.4, 0.5) is 0 Å². The number of nitrogens with one attached hydrogen (secondary N) is 1. The van der Waals surface area contributed by atoms with E-state index >= 15 is 0 Å². The Morgan fingerprint density at radius 1 is 1.33 bits per heavy atom. The van der Waals surface area contributed by atoms with Crippen LogP contribution in [0.3, 0.4) is 0 Å². The van der Waals surface area contributed by atoms with Crippen LogP contribution >= 0.6 is 0 Å². The van der Waals surface area contributed by atoms with E-state index in [2.05, 4.69) is 10.3 Å². The Labute approximate surface area is 106 Å². The first-order chi connectivity index (χ1) is 8.66. The molecule has 2 rings (SSSR count). The zero-order chi connectivity index (χ0) is 13.0. The van der Waals surface area contributed by atoms with Crippen molar-refractivity contribution in [1.82, 2.24) is 10.3 Å². The van der Waals surface area contributed by atoms with Crippen LogP contribution < -0.4 is 5.32 Å². The standard InChI is InChI=1S/C14H16N2O2/c1-10(17)8-9-15-14(18)13-7-6-11-4-2-3-5-12(11)16-13/h2-7,10,17H,8-9H2,1H3,(H,15,18). The number of carbonyl (C=O) groups is 1. The highest BCUT2D eigenvalue weighted by Gasteiger charge is 2.07. The van der Waals surface area contributed by atoms with Crippen molar-refractivity contribution in [3.8, 4) is 0 Å². The Hall–Kier alpha value is -1.94. The number of rotatable bonds is 4. The molecular weight excluding hydrogens is 228 g/mol. The largest absolute Gasteiger partial charge is 0.393 e. The third-order valence-electron chi connectivity index (χ3n) is 2.68. The lowest BCUT2D eigenvalue weighted by Crippen LogP contribution is -2.27. The van der Waals surface area contributed by atoms with Crippen LogP contribution in [-0.2, 0) is 0 Å². The Morgan fingerprint density at radius 2 is 2.11 bits per heavy atom. The lowest BCUT2D eigenvalue weighted by molar-refractivity contribution is 0.0941. The average Bonchev–Trinajstić information content (AvgIpc) is 2.37. The third kappa shape index (κ3) is 3.05. The first-order valence-corrected chi connectivity index (χ1v) is 5.99. The summed E-state index contributed by atoms with van der Waals surface area (Å²) in [5.41, 5.74) is 1.21. The summed E-state index contributed by atoms with van der Waals surface area (Å²) >= 11 is 0. The zero-order valence-electron chi connectivity index (χ0n) is 10.3. The first kappa shape index (κ1) is 12.5. The van der Waals surface area contributed by atoms with Gasteiger partial charge in [-0.15, -0.1) is 0 Å². The van der Waals surface area contributed by atoms with Gasteiger partial charge in [-0.05, 0) is 25.5 Å². The number of pyridine rings is 1. The maximum atomic E-state index is 11.8. The number of aromatic nitrogens is 1. The summed E-state index contributed by atoms with van der Waals surface area (Å²) in [7, 11) is 0. The van der Waals surface area contributed by atoms with Crippen LogP contribution in [0.2, 0.25) is 0 Å². The number of aliphatic hydroxyl groups excluding tert-OH is 1. The molecule has 0 bridgehead atoms. The van der Waals surface area contributed by atoms with E-state index in [0.29, 0.717) is 18.7 Å². The van der Waals surface area contributed by atoms with E-state index in [0.717, 1.165) is 10.9 Å². The Balaban J connectivity index is 2.08. The van der Waals surface area contributed by atoms with E-state index in [1.807, 2.05) is 30.3 Å². The molecule has 0 spiro atoms. The molecule has 1 heterocycles. The van der Waals surface area contributed by atoms with Crippen LogP contribution in [0.15, 0.2) is 36.4 Å². The van der Waals surface area contributed by atoms with Crippen molar-refractivity contribution in [2.45, 2.75) is 19.4 Å². The molecule has 1 atom stereocenters. The predicted octanol–water partition coefficient (Wildman–Crippen LogP) is 1.74. The molecule has 0 radical (unpaired) electrons. The second-order valence-electron chi connectivity index (χ2n) is 4.28. The molecule has 0 aliphatic heterocycles. The van der Waals surface area contributed by atoms with Crippen LogP contribution in [-0.4, -0.2) is 28.6 Å². The van der Waals surface area contributed by atoms with Crippen molar-refractivity contribution in [2.24, 2.45) is 0 Å². The fourth-order valence-electron chi connectivity index (χ4n) is 1.68. The maximum absolute atomic E-state index is 11.8. The van der Waals surface area contributed by atoms with Gasteiger partial charge in [-0.1, -0.05) is 24.3 Å². The van der Waals surface area contributed by atoms with Crippen molar-refractivity contribution in [3.05, 3.63) is 42.1 Å². The zero-order valence-corrected chi connectivity index (χ0v) is 10.3. The Morgan fingerprint density at radius 3 is 2.89 bits per heavy atom. The van der Waals surface area contributed by atoms with Crippen molar-refractivity contribution >= 4 is 16.8 Å². The smallest absolute Gasteiger partial charge is 0.269 e. The van der Waals surface area contributed by atoms with E-state index in [1.54, 1.807) is 13.0 Å². The molecule has 2 aromatic rings.